The summed E-state index contributed by atoms with van der Waals surface area (Å²) in [5, 5.41) is 0. The molecule has 0 N–H and O–H groups in total. The molecule has 7 heteroatoms. The number of likely N-dealkylation sites (tertiary alicyclic amines) is 1. The molecule has 0 saturated carbocycles. The van der Waals surface area contributed by atoms with Crippen molar-refractivity contribution in [2.24, 2.45) is 5.92 Å². The van der Waals surface area contributed by atoms with Crippen molar-refractivity contribution >= 4 is 11.8 Å². The van der Waals surface area contributed by atoms with Crippen molar-refractivity contribution in [2.45, 2.75) is 25.8 Å². The van der Waals surface area contributed by atoms with E-state index >= 15 is 0 Å². The van der Waals surface area contributed by atoms with Crippen LogP contribution in [-0.2, 0) is 16.1 Å². The molecule has 4 rings (SSSR count). The Hall–Kier alpha value is -2.93. The number of pyridine rings is 1. The lowest BCUT2D eigenvalue weighted by Gasteiger charge is -2.39. The van der Waals surface area contributed by atoms with E-state index in [4.69, 9.17) is 4.74 Å². The van der Waals surface area contributed by atoms with Crippen LogP contribution in [0.2, 0.25) is 0 Å². The molecule has 2 aliphatic rings. The van der Waals surface area contributed by atoms with Gasteiger partial charge in [-0.15, -0.1) is 0 Å². The van der Waals surface area contributed by atoms with Gasteiger partial charge in [0, 0.05) is 58.2 Å². The van der Waals surface area contributed by atoms with Crippen molar-refractivity contribution in [1.29, 1.82) is 0 Å². The van der Waals surface area contributed by atoms with Gasteiger partial charge in [-0.05, 0) is 42.7 Å². The van der Waals surface area contributed by atoms with Crippen LogP contribution in [0, 0.1) is 5.92 Å². The summed E-state index contributed by atoms with van der Waals surface area (Å²) in [6, 6.07) is 13.6. The Bertz CT molecular complexity index is 869. The number of rotatable bonds is 7. The minimum Gasteiger partial charge on any atom is -0.493 e. The number of hydrogen-bond acceptors (Lipinski definition) is 5. The number of piperidine rings is 1. The molecule has 2 amide bonds. The van der Waals surface area contributed by atoms with Crippen molar-refractivity contribution in [3.05, 3.63) is 60.4 Å². The number of amides is 2. The van der Waals surface area contributed by atoms with Crippen LogP contribution in [0.1, 0.15) is 24.8 Å². The number of hydrogen-bond donors (Lipinski definition) is 0. The molecule has 1 unspecified atom stereocenters. The molecule has 1 atom stereocenters. The molecular weight excluding hydrogens is 404 g/mol. The van der Waals surface area contributed by atoms with Gasteiger partial charge in [0.1, 0.15) is 5.75 Å². The number of para-hydroxylation sites is 1. The summed E-state index contributed by atoms with van der Waals surface area (Å²) in [5.74, 6) is 0.955. The standard InChI is InChI=1S/C25H32N4O3/c30-24(10-18-32-23-6-2-1-3-7-23)29-13-4-5-22(20-29)25(31)28-16-14-27(15-17-28)19-21-8-11-26-12-9-21/h1-3,6-9,11-12,22H,4-5,10,13-20H2. The summed E-state index contributed by atoms with van der Waals surface area (Å²) < 4.78 is 5.66. The van der Waals surface area contributed by atoms with Crippen LogP contribution in [0.25, 0.3) is 0 Å². The molecule has 2 saturated heterocycles. The number of carbonyl (C=O) groups is 2. The van der Waals surface area contributed by atoms with Crippen molar-refractivity contribution in [1.82, 2.24) is 19.7 Å². The number of aromatic nitrogens is 1. The lowest BCUT2D eigenvalue weighted by atomic mass is 9.96. The van der Waals surface area contributed by atoms with Crippen LogP contribution in [0.4, 0.5) is 0 Å². The molecule has 170 valence electrons. The van der Waals surface area contributed by atoms with E-state index in [2.05, 4.69) is 9.88 Å². The zero-order valence-corrected chi connectivity index (χ0v) is 18.6. The van der Waals surface area contributed by atoms with E-state index in [0.717, 1.165) is 57.9 Å². The van der Waals surface area contributed by atoms with E-state index in [0.29, 0.717) is 19.6 Å². The normalized spacial score (nSPS) is 19.6. The summed E-state index contributed by atoms with van der Waals surface area (Å²) in [7, 11) is 0. The lowest BCUT2D eigenvalue weighted by Crippen LogP contribution is -2.52. The first-order valence-corrected chi connectivity index (χ1v) is 11.5. The maximum atomic E-state index is 13.1. The predicted octanol–water partition coefficient (Wildman–Crippen LogP) is 2.43. The lowest BCUT2D eigenvalue weighted by molar-refractivity contribution is -0.142. The second-order valence-electron chi connectivity index (χ2n) is 8.55. The van der Waals surface area contributed by atoms with Crippen molar-refractivity contribution in [3.63, 3.8) is 0 Å². The summed E-state index contributed by atoms with van der Waals surface area (Å²) >= 11 is 0. The molecule has 0 spiro atoms. The number of carbonyl (C=O) groups excluding carboxylic acids is 2. The second kappa shape index (κ2) is 11.1. The van der Waals surface area contributed by atoms with Crippen LogP contribution < -0.4 is 4.74 Å². The Morgan fingerprint density at radius 3 is 2.44 bits per heavy atom. The van der Waals surface area contributed by atoms with Gasteiger partial charge in [-0.1, -0.05) is 18.2 Å². The fourth-order valence-corrected chi connectivity index (χ4v) is 4.47. The minimum atomic E-state index is -0.0884. The van der Waals surface area contributed by atoms with Crippen molar-refractivity contribution in [3.8, 4) is 5.75 Å². The summed E-state index contributed by atoms with van der Waals surface area (Å²) in [6.07, 6.45) is 5.71. The molecule has 0 bridgehead atoms. The third kappa shape index (κ3) is 6.07. The third-order valence-electron chi connectivity index (χ3n) is 6.29. The van der Waals surface area contributed by atoms with Crippen molar-refractivity contribution in [2.75, 3.05) is 45.9 Å². The Labute approximate surface area is 190 Å². The maximum Gasteiger partial charge on any atom is 0.227 e. The highest BCUT2D eigenvalue weighted by Crippen LogP contribution is 2.21. The predicted molar refractivity (Wildman–Crippen MR) is 122 cm³/mol. The van der Waals surface area contributed by atoms with Gasteiger partial charge >= 0.3 is 0 Å². The number of ether oxygens (including phenoxy) is 1. The van der Waals surface area contributed by atoms with Gasteiger partial charge < -0.3 is 14.5 Å². The number of nitrogens with zero attached hydrogens (tertiary/aromatic N) is 4. The highest BCUT2D eigenvalue weighted by molar-refractivity contribution is 5.81. The topological polar surface area (TPSA) is 66.0 Å². The zero-order valence-electron chi connectivity index (χ0n) is 18.6. The quantitative estimate of drug-likeness (QED) is 0.667. The van der Waals surface area contributed by atoms with Gasteiger partial charge in [0.15, 0.2) is 0 Å². The Balaban J connectivity index is 1.20. The zero-order chi connectivity index (χ0) is 22.2. The average molecular weight is 437 g/mol. The van der Waals surface area contributed by atoms with Crippen LogP contribution >= 0.6 is 0 Å². The first-order chi connectivity index (χ1) is 15.7. The molecule has 2 aliphatic heterocycles. The Morgan fingerprint density at radius 1 is 0.938 bits per heavy atom. The van der Waals surface area contributed by atoms with Crippen LogP contribution in [0.15, 0.2) is 54.9 Å². The monoisotopic (exact) mass is 436 g/mol. The number of piperazine rings is 1. The van der Waals surface area contributed by atoms with E-state index < -0.39 is 0 Å². The molecular formula is C25H32N4O3. The molecule has 0 radical (unpaired) electrons. The molecule has 3 heterocycles. The Morgan fingerprint density at radius 2 is 1.69 bits per heavy atom. The average Bonchev–Trinajstić information content (AvgIpc) is 2.85. The highest BCUT2D eigenvalue weighted by Gasteiger charge is 2.32. The fourth-order valence-electron chi connectivity index (χ4n) is 4.47. The second-order valence-corrected chi connectivity index (χ2v) is 8.55. The third-order valence-corrected chi connectivity index (χ3v) is 6.29. The molecule has 32 heavy (non-hydrogen) atoms. The van der Waals surface area contributed by atoms with Gasteiger partial charge in [0.2, 0.25) is 11.8 Å². The van der Waals surface area contributed by atoms with E-state index in [1.807, 2.05) is 64.7 Å². The smallest absolute Gasteiger partial charge is 0.227 e. The molecule has 1 aromatic heterocycles. The van der Waals surface area contributed by atoms with Gasteiger partial charge in [0.25, 0.3) is 0 Å². The highest BCUT2D eigenvalue weighted by atomic mass is 16.5. The van der Waals surface area contributed by atoms with E-state index in [-0.39, 0.29) is 17.7 Å². The van der Waals surface area contributed by atoms with Gasteiger partial charge in [-0.3, -0.25) is 19.5 Å². The SMILES string of the molecule is O=C(CCOc1ccccc1)N1CCCC(C(=O)N2CCN(Cc3ccncc3)CC2)C1. The first kappa shape index (κ1) is 22.3. The molecule has 2 fully saturated rings. The van der Waals surface area contributed by atoms with Crippen molar-refractivity contribution < 1.29 is 14.3 Å². The molecule has 2 aromatic rings. The molecule has 0 aliphatic carbocycles. The molecule has 7 nitrogen and oxygen atoms in total. The van der Waals surface area contributed by atoms with Gasteiger partial charge in [0.05, 0.1) is 18.9 Å². The van der Waals surface area contributed by atoms with Crippen LogP contribution in [0.5, 0.6) is 5.75 Å². The van der Waals surface area contributed by atoms with E-state index in [1.54, 1.807) is 0 Å². The van der Waals surface area contributed by atoms with Crippen LogP contribution in [0.3, 0.4) is 0 Å². The van der Waals surface area contributed by atoms with Gasteiger partial charge in [-0.25, -0.2) is 0 Å². The van der Waals surface area contributed by atoms with Gasteiger partial charge in [-0.2, -0.15) is 0 Å². The van der Waals surface area contributed by atoms with E-state index in [1.165, 1.54) is 5.56 Å². The minimum absolute atomic E-state index is 0.0700. The first-order valence-electron chi connectivity index (χ1n) is 11.5. The summed E-state index contributed by atoms with van der Waals surface area (Å²) in [4.78, 5) is 36.1. The Kier molecular flexibility index (Phi) is 7.72. The number of benzene rings is 1. The summed E-state index contributed by atoms with van der Waals surface area (Å²) in [6.45, 7) is 5.76. The molecule has 1 aromatic carbocycles. The fraction of sp³-hybridized carbons (Fsp3) is 0.480. The summed E-state index contributed by atoms with van der Waals surface area (Å²) in [5.41, 5.74) is 1.25. The maximum absolute atomic E-state index is 13.1. The van der Waals surface area contributed by atoms with Crippen LogP contribution in [-0.4, -0.2) is 77.4 Å². The van der Waals surface area contributed by atoms with E-state index in [9.17, 15) is 9.59 Å². The largest absolute Gasteiger partial charge is 0.493 e.